The maximum atomic E-state index is 10.7. The van der Waals surface area contributed by atoms with Crippen LogP contribution < -0.4 is 0 Å². The first-order valence-corrected chi connectivity index (χ1v) is 13.7. The zero-order valence-electron chi connectivity index (χ0n) is 22.3. The van der Waals surface area contributed by atoms with Crippen molar-refractivity contribution < 1.29 is 20.4 Å². The number of aliphatic hydroxyl groups excluding tert-OH is 3. The van der Waals surface area contributed by atoms with E-state index in [1.54, 1.807) is 6.92 Å². The molecule has 4 heteroatoms. The maximum absolute atomic E-state index is 10.7. The quantitative estimate of drug-likeness (QED) is 0.364. The molecule has 0 spiro atoms. The Morgan fingerprint density at radius 3 is 2.53 bits per heavy atom. The van der Waals surface area contributed by atoms with Gasteiger partial charge < -0.3 is 20.4 Å². The van der Waals surface area contributed by atoms with E-state index in [0.717, 1.165) is 30.8 Å². The number of hydrogen-bond acceptors (Lipinski definition) is 4. The van der Waals surface area contributed by atoms with Gasteiger partial charge in [-0.2, -0.15) is 0 Å². The Morgan fingerprint density at radius 1 is 1.18 bits per heavy atom. The van der Waals surface area contributed by atoms with E-state index in [0.29, 0.717) is 35.7 Å². The molecule has 194 valence electrons. The average Bonchev–Trinajstić information content (AvgIpc) is 3.09. The second-order valence-corrected chi connectivity index (χ2v) is 12.7. The van der Waals surface area contributed by atoms with Gasteiger partial charge in [0, 0.05) is 5.92 Å². The van der Waals surface area contributed by atoms with Crippen LogP contribution in [-0.2, 0) is 0 Å². The molecule has 0 aromatic carbocycles. The SMILES string of the molecule is C=C1/C(=C\C=C2/CCC[C@]3(C)[C@@H]([C@H](C)CCCC(C)(C)O)CC[C@@H]23)C[C@@H](O)[C@H](C[C@@H](C)O)[C@@H]1O. The predicted molar refractivity (Wildman–Crippen MR) is 139 cm³/mol. The van der Waals surface area contributed by atoms with Crippen molar-refractivity contribution in [1.82, 2.24) is 0 Å². The molecule has 0 amide bonds. The summed E-state index contributed by atoms with van der Waals surface area (Å²) in [7, 11) is 0. The molecular formula is C30H50O4. The highest BCUT2D eigenvalue weighted by Crippen LogP contribution is 2.60. The predicted octanol–water partition coefficient (Wildman–Crippen LogP) is 5.70. The summed E-state index contributed by atoms with van der Waals surface area (Å²) >= 11 is 0. The van der Waals surface area contributed by atoms with Crippen LogP contribution in [0.4, 0.5) is 0 Å². The minimum atomic E-state index is -0.805. The molecule has 0 aromatic heterocycles. The first-order valence-electron chi connectivity index (χ1n) is 13.7. The largest absolute Gasteiger partial charge is 0.393 e. The third-order valence-corrected chi connectivity index (χ3v) is 9.38. The summed E-state index contributed by atoms with van der Waals surface area (Å²) in [4.78, 5) is 0. The average molecular weight is 475 g/mol. The molecule has 3 aliphatic carbocycles. The molecule has 3 aliphatic rings. The smallest absolute Gasteiger partial charge is 0.0840 e. The molecule has 0 radical (unpaired) electrons. The van der Waals surface area contributed by atoms with Gasteiger partial charge in [-0.05, 0) is 106 Å². The van der Waals surface area contributed by atoms with Crippen molar-refractivity contribution in [2.24, 2.45) is 29.1 Å². The molecular weight excluding hydrogens is 424 g/mol. The summed E-state index contributed by atoms with van der Waals surface area (Å²) in [6.45, 7) is 14.6. The number of hydrogen-bond donors (Lipinski definition) is 4. The summed E-state index contributed by atoms with van der Waals surface area (Å²) in [5.74, 6) is 1.65. The lowest BCUT2D eigenvalue weighted by atomic mass is 9.60. The molecule has 34 heavy (non-hydrogen) atoms. The van der Waals surface area contributed by atoms with E-state index in [1.807, 2.05) is 13.8 Å². The van der Waals surface area contributed by atoms with E-state index in [2.05, 4.69) is 32.6 Å². The van der Waals surface area contributed by atoms with Crippen molar-refractivity contribution in [1.29, 1.82) is 0 Å². The molecule has 0 heterocycles. The molecule has 8 atom stereocenters. The van der Waals surface area contributed by atoms with E-state index < -0.39 is 23.9 Å². The molecule has 3 fully saturated rings. The van der Waals surface area contributed by atoms with Gasteiger partial charge in [-0.3, -0.25) is 0 Å². The van der Waals surface area contributed by atoms with Gasteiger partial charge in [0.05, 0.1) is 23.9 Å². The van der Waals surface area contributed by atoms with E-state index in [-0.39, 0.29) is 5.92 Å². The molecule has 0 saturated heterocycles. The molecule has 0 unspecified atom stereocenters. The Balaban J connectivity index is 1.70. The van der Waals surface area contributed by atoms with Crippen molar-refractivity contribution >= 4 is 0 Å². The highest BCUT2D eigenvalue weighted by molar-refractivity contribution is 5.39. The second-order valence-electron chi connectivity index (χ2n) is 12.7. The van der Waals surface area contributed by atoms with Crippen LogP contribution in [0.3, 0.4) is 0 Å². The zero-order chi connectivity index (χ0) is 25.3. The first-order chi connectivity index (χ1) is 15.8. The summed E-state index contributed by atoms with van der Waals surface area (Å²) < 4.78 is 0. The minimum Gasteiger partial charge on any atom is -0.393 e. The van der Waals surface area contributed by atoms with Crippen LogP contribution in [0.25, 0.3) is 0 Å². The zero-order valence-corrected chi connectivity index (χ0v) is 22.3. The van der Waals surface area contributed by atoms with Crippen LogP contribution in [0.2, 0.25) is 0 Å². The van der Waals surface area contributed by atoms with Crippen LogP contribution in [-0.4, -0.2) is 44.3 Å². The van der Waals surface area contributed by atoms with Crippen LogP contribution in [0.5, 0.6) is 0 Å². The third kappa shape index (κ3) is 6.24. The highest BCUT2D eigenvalue weighted by atomic mass is 16.3. The number of allylic oxidation sites excluding steroid dienone is 3. The Kier molecular flexibility index (Phi) is 8.93. The second kappa shape index (κ2) is 11.0. The Bertz CT molecular complexity index is 773. The van der Waals surface area contributed by atoms with Gasteiger partial charge in [0.25, 0.3) is 0 Å². The molecule has 3 rings (SSSR count). The molecule has 3 saturated carbocycles. The Labute approximate surface area is 207 Å². The molecule has 0 aromatic rings. The highest BCUT2D eigenvalue weighted by Gasteiger charge is 2.50. The van der Waals surface area contributed by atoms with Gasteiger partial charge in [-0.25, -0.2) is 0 Å². The lowest BCUT2D eigenvalue weighted by Crippen LogP contribution is -2.40. The fourth-order valence-electron chi connectivity index (χ4n) is 7.50. The summed E-state index contributed by atoms with van der Waals surface area (Å²) in [5, 5.41) is 41.2. The van der Waals surface area contributed by atoms with Crippen molar-refractivity contribution in [3.05, 3.63) is 35.5 Å². The van der Waals surface area contributed by atoms with Crippen LogP contribution in [0, 0.1) is 29.1 Å². The number of aliphatic hydroxyl groups is 4. The standard InChI is InChI=1S/C30H50O4/c1-19(9-7-15-29(4,5)34)25-13-14-26-22(10-8-16-30(25,26)6)11-12-23-18-27(32)24(17-20(2)31)28(33)21(23)3/h11-12,19-20,24-28,31-34H,3,7-10,13-18H2,1-2,4-6H3/b22-11+,23-12-/t19-,20-,24+,25-,26+,27-,28-,30-/m1/s1. The van der Waals surface area contributed by atoms with E-state index in [9.17, 15) is 20.4 Å². The van der Waals surface area contributed by atoms with E-state index in [1.165, 1.54) is 37.7 Å². The lowest BCUT2D eigenvalue weighted by molar-refractivity contribution is -0.00643. The van der Waals surface area contributed by atoms with Crippen molar-refractivity contribution in [2.75, 3.05) is 0 Å². The van der Waals surface area contributed by atoms with Crippen molar-refractivity contribution in [2.45, 2.75) is 123 Å². The molecule has 4 nitrogen and oxygen atoms in total. The Morgan fingerprint density at radius 2 is 1.88 bits per heavy atom. The van der Waals surface area contributed by atoms with Gasteiger partial charge in [-0.1, -0.05) is 51.0 Å². The third-order valence-electron chi connectivity index (χ3n) is 9.38. The summed E-state index contributed by atoms with van der Waals surface area (Å²) in [5.41, 5.74) is 2.92. The van der Waals surface area contributed by atoms with Gasteiger partial charge >= 0.3 is 0 Å². The number of fused-ring (bicyclic) bond motifs is 1. The van der Waals surface area contributed by atoms with Crippen LogP contribution in [0.15, 0.2) is 35.5 Å². The fraction of sp³-hybridized carbons (Fsp3) is 0.800. The van der Waals surface area contributed by atoms with Gasteiger partial charge in [0.15, 0.2) is 0 Å². The topological polar surface area (TPSA) is 80.9 Å². The van der Waals surface area contributed by atoms with Crippen molar-refractivity contribution in [3.8, 4) is 0 Å². The normalized spacial score (nSPS) is 38.9. The summed E-state index contributed by atoms with van der Waals surface area (Å²) in [6, 6.07) is 0. The first kappa shape index (κ1) is 27.6. The minimum absolute atomic E-state index is 0.335. The molecule has 0 bridgehead atoms. The number of rotatable bonds is 8. The van der Waals surface area contributed by atoms with Gasteiger partial charge in [0.2, 0.25) is 0 Å². The molecule has 4 N–H and O–H groups in total. The van der Waals surface area contributed by atoms with Crippen LogP contribution in [0.1, 0.15) is 98.8 Å². The fourth-order valence-corrected chi connectivity index (χ4v) is 7.50. The van der Waals surface area contributed by atoms with Gasteiger partial charge in [-0.15, -0.1) is 0 Å². The van der Waals surface area contributed by atoms with Gasteiger partial charge in [0.1, 0.15) is 0 Å². The van der Waals surface area contributed by atoms with E-state index in [4.69, 9.17) is 0 Å². The lowest BCUT2D eigenvalue weighted by Gasteiger charge is -2.44. The Hall–Kier alpha value is -0.940. The van der Waals surface area contributed by atoms with Crippen molar-refractivity contribution in [3.63, 3.8) is 0 Å². The van der Waals surface area contributed by atoms with Crippen LogP contribution >= 0.6 is 0 Å². The maximum Gasteiger partial charge on any atom is 0.0840 e. The summed E-state index contributed by atoms with van der Waals surface area (Å²) in [6.07, 6.45) is 12.5. The monoisotopic (exact) mass is 474 g/mol. The van der Waals surface area contributed by atoms with E-state index >= 15 is 0 Å². The molecule has 0 aliphatic heterocycles.